The summed E-state index contributed by atoms with van der Waals surface area (Å²) in [5.41, 5.74) is 7.99. The van der Waals surface area contributed by atoms with Crippen LogP contribution in [0.5, 0.6) is 0 Å². The van der Waals surface area contributed by atoms with Crippen LogP contribution in [0, 0.1) is 0 Å². The maximum Gasteiger partial charge on any atom is 0.234 e. The minimum absolute atomic E-state index is 0.0822. The minimum atomic E-state index is -0.145. The molecule has 1 aliphatic rings. The van der Waals surface area contributed by atoms with Crippen molar-refractivity contribution in [3.05, 3.63) is 23.8 Å². The van der Waals surface area contributed by atoms with Crippen molar-refractivity contribution in [3.63, 3.8) is 0 Å². The first-order valence-corrected chi connectivity index (χ1v) is 6.77. The Hall–Kier alpha value is -1.000. The van der Waals surface area contributed by atoms with Crippen LogP contribution in [0.1, 0.15) is 25.8 Å². The number of rotatable bonds is 3. The molecule has 2 rings (SSSR count). The second-order valence-corrected chi connectivity index (χ2v) is 6.17. The summed E-state index contributed by atoms with van der Waals surface area (Å²) < 4.78 is 0. The monoisotopic (exact) mass is 250 g/mol. The summed E-state index contributed by atoms with van der Waals surface area (Å²) in [5, 5.41) is 2.91. The van der Waals surface area contributed by atoms with Crippen LogP contribution in [-0.4, -0.2) is 17.2 Å². The predicted molar refractivity (Wildman–Crippen MR) is 72.4 cm³/mol. The molecule has 1 aromatic rings. The van der Waals surface area contributed by atoms with Crippen LogP contribution < -0.4 is 11.1 Å². The van der Waals surface area contributed by atoms with E-state index in [9.17, 15) is 4.79 Å². The van der Waals surface area contributed by atoms with Crippen molar-refractivity contribution in [1.82, 2.24) is 0 Å². The first-order valence-electron chi connectivity index (χ1n) is 5.78. The predicted octanol–water partition coefficient (Wildman–Crippen LogP) is 2.40. The third-order valence-electron chi connectivity index (χ3n) is 2.73. The molecule has 0 spiro atoms. The van der Waals surface area contributed by atoms with E-state index < -0.39 is 0 Å². The van der Waals surface area contributed by atoms with Gasteiger partial charge in [0, 0.05) is 10.4 Å². The fourth-order valence-electron chi connectivity index (χ4n) is 1.75. The third-order valence-corrected chi connectivity index (χ3v) is 3.81. The van der Waals surface area contributed by atoms with E-state index in [-0.39, 0.29) is 11.4 Å². The summed E-state index contributed by atoms with van der Waals surface area (Å²) in [6.45, 7) is 4.06. The molecule has 0 aromatic heterocycles. The molecule has 0 aliphatic carbocycles. The Balaban J connectivity index is 2.10. The van der Waals surface area contributed by atoms with E-state index in [1.165, 1.54) is 5.56 Å². The summed E-state index contributed by atoms with van der Waals surface area (Å²) in [6.07, 6.45) is 1.88. The van der Waals surface area contributed by atoms with Crippen LogP contribution >= 0.6 is 11.8 Å². The Morgan fingerprint density at radius 2 is 2.24 bits per heavy atom. The standard InChI is InChI=1S/C13H18N2OS/c1-13(2,14)6-5-9-3-4-11-10(7-9)15-12(16)8-17-11/h3-4,7H,5-6,8,14H2,1-2H3,(H,15,16). The van der Waals surface area contributed by atoms with E-state index in [0.717, 1.165) is 23.4 Å². The van der Waals surface area contributed by atoms with Gasteiger partial charge in [-0.2, -0.15) is 0 Å². The fourth-order valence-corrected chi connectivity index (χ4v) is 2.54. The molecule has 1 aromatic carbocycles. The Bertz CT molecular complexity index is 438. The average Bonchev–Trinajstić information content (AvgIpc) is 2.24. The van der Waals surface area contributed by atoms with Crippen LogP contribution in [0.4, 0.5) is 5.69 Å². The van der Waals surface area contributed by atoms with Gasteiger partial charge >= 0.3 is 0 Å². The number of carbonyl (C=O) groups excluding carboxylic acids is 1. The lowest BCUT2D eigenvalue weighted by molar-refractivity contribution is -0.113. The highest BCUT2D eigenvalue weighted by Gasteiger charge is 2.16. The zero-order chi connectivity index (χ0) is 12.5. The zero-order valence-corrected chi connectivity index (χ0v) is 11.1. The fraction of sp³-hybridized carbons (Fsp3) is 0.462. The van der Waals surface area contributed by atoms with Crippen molar-refractivity contribution in [2.24, 2.45) is 5.73 Å². The Kier molecular flexibility index (Phi) is 3.45. The summed E-state index contributed by atoms with van der Waals surface area (Å²) in [6, 6.07) is 6.26. The van der Waals surface area contributed by atoms with Crippen molar-refractivity contribution in [3.8, 4) is 0 Å². The molecule has 17 heavy (non-hydrogen) atoms. The largest absolute Gasteiger partial charge is 0.326 e. The zero-order valence-electron chi connectivity index (χ0n) is 10.2. The van der Waals surface area contributed by atoms with Gasteiger partial charge in [0.15, 0.2) is 0 Å². The van der Waals surface area contributed by atoms with Crippen LogP contribution in [0.3, 0.4) is 0 Å². The van der Waals surface area contributed by atoms with Crippen molar-refractivity contribution in [2.75, 3.05) is 11.1 Å². The lowest BCUT2D eigenvalue weighted by Crippen LogP contribution is -2.32. The number of carbonyl (C=O) groups is 1. The third kappa shape index (κ3) is 3.48. The highest BCUT2D eigenvalue weighted by molar-refractivity contribution is 8.00. The van der Waals surface area contributed by atoms with E-state index in [2.05, 4.69) is 23.5 Å². The van der Waals surface area contributed by atoms with Gasteiger partial charge < -0.3 is 11.1 Å². The van der Waals surface area contributed by atoms with Gasteiger partial charge in [0.05, 0.1) is 11.4 Å². The van der Waals surface area contributed by atoms with Gasteiger partial charge in [-0.15, -0.1) is 11.8 Å². The number of benzene rings is 1. The quantitative estimate of drug-likeness (QED) is 0.866. The lowest BCUT2D eigenvalue weighted by atomic mass is 9.96. The molecule has 1 heterocycles. The van der Waals surface area contributed by atoms with Crippen molar-refractivity contribution in [2.45, 2.75) is 37.1 Å². The van der Waals surface area contributed by atoms with Gasteiger partial charge in [-0.25, -0.2) is 0 Å². The van der Waals surface area contributed by atoms with E-state index in [1.807, 2.05) is 13.8 Å². The highest BCUT2D eigenvalue weighted by atomic mass is 32.2. The summed E-state index contributed by atoms with van der Waals surface area (Å²) in [7, 11) is 0. The van der Waals surface area contributed by atoms with Gasteiger partial charge in [-0.1, -0.05) is 6.07 Å². The van der Waals surface area contributed by atoms with Gasteiger partial charge in [0.25, 0.3) is 0 Å². The second kappa shape index (κ2) is 4.70. The number of nitrogens with two attached hydrogens (primary N) is 1. The number of hydrogen-bond donors (Lipinski definition) is 2. The van der Waals surface area contributed by atoms with Gasteiger partial charge in [-0.3, -0.25) is 4.79 Å². The Morgan fingerprint density at radius 1 is 1.47 bits per heavy atom. The first kappa shape index (κ1) is 12.5. The van der Waals surface area contributed by atoms with Crippen LogP contribution in [0.2, 0.25) is 0 Å². The van der Waals surface area contributed by atoms with E-state index in [1.54, 1.807) is 11.8 Å². The SMILES string of the molecule is CC(C)(N)CCc1ccc2c(c1)NC(=O)CS2. The number of anilines is 1. The van der Waals surface area contributed by atoms with E-state index in [4.69, 9.17) is 5.73 Å². The maximum atomic E-state index is 11.3. The number of amides is 1. The topological polar surface area (TPSA) is 55.1 Å². The molecule has 3 N–H and O–H groups in total. The second-order valence-electron chi connectivity index (χ2n) is 5.16. The molecule has 92 valence electrons. The number of nitrogens with one attached hydrogen (secondary N) is 1. The molecule has 3 nitrogen and oxygen atoms in total. The Morgan fingerprint density at radius 3 is 2.94 bits per heavy atom. The molecule has 1 amide bonds. The van der Waals surface area contributed by atoms with Crippen molar-refractivity contribution in [1.29, 1.82) is 0 Å². The maximum absolute atomic E-state index is 11.3. The normalized spacial score (nSPS) is 15.4. The lowest BCUT2D eigenvalue weighted by Gasteiger charge is -2.20. The number of fused-ring (bicyclic) bond motifs is 1. The molecule has 0 saturated heterocycles. The van der Waals surface area contributed by atoms with Crippen LogP contribution in [0.25, 0.3) is 0 Å². The molecule has 0 atom stereocenters. The molecule has 0 radical (unpaired) electrons. The summed E-state index contributed by atoms with van der Waals surface area (Å²) in [4.78, 5) is 12.5. The van der Waals surface area contributed by atoms with E-state index in [0.29, 0.717) is 5.75 Å². The van der Waals surface area contributed by atoms with Gasteiger partial charge in [-0.05, 0) is 44.4 Å². The Labute approximate surface area is 106 Å². The molecule has 0 fully saturated rings. The molecule has 0 bridgehead atoms. The van der Waals surface area contributed by atoms with Crippen molar-refractivity contribution >= 4 is 23.4 Å². The first-order chi connectivity index (χ1) is 7.94. The molecule has 0 unspecified atom stereocenters. The van der Waals surface area contributed by atoms with Crippen LogP contribution in [-0.2, 0) is 11.2 Å². The van der Waals surface area contributed by atoms with Gasteiger partial charge in [0.2, 0.25) is 5.91 Å². The number of hydrogen-bond acceptors (Lipinski definition) is 3. The van der Waals surface area contributed by atoms with E-state index >= 15 is 0 Å². The number of aryl methyl sites for hydroxylation is 1. The molecule has 4 heteroatoms. The number of thioether (sulfide) groups is 1. The average molecular weight is 250 g/mol. The molecule has 0 saturated carbocycles. The highest BCUT2D eigenvalue weighted by Crippen LogP contribution is 2.32. The summed E-state index contributed by atoms with van der Waals surface area (Å²) >= 11 is 1.59. The van der Waals surface area contributed by atoms with Crippen molar-refractivity contribution < 1.29 is 4.79 Å². The molecule has 1 aliphatic heterocycles. The van der Waals surface area contributed by atoms with Crippen LogP contribution in [0.15, 0.2) is 23.1 Å². The minimum Gasteiger partial charge on any atom is -0.326 e. The summed E-state index contributed by atoms with van der Waals surface area (Å²) in [5.74, 6) is 0.598. The smallest absolute Gasteiger partial charge is 0.234 e. The molecular weight excluding hydrogens is 232 g/mol. The molecular formula is C13H18N2OS. The van der Waals surface area contributed by atoms with Gasteiger partial charge in [0.1, 0.15) is 0 Å².